The van der Waals surface area contributed by atoms with E-state index in [0.29, 0.717) is 71.0 Å². The van der Waals surface area contributed by atoms with Gasteiger partial charge in [0, 0.05) is 36.8 Å². The van der Waals surface area contributed by atoms with Crippen LogP contribution < -0.4 is 24.8 Å². The van der Waals surface area contributed by atoms with Crippen molar-refractivity contribution in [3.8, 4) is 28.5 Å². The number of nitrogens with two attached hydrogens (primary N) is 1. The van der Waals surface area contributed by atoms with Gasteiger partial charge in [-0.3, -0.25) is 4.79 Å². The average molecular weight is 535 g/mol. The molecule has 3 heterocycles. The van der Waals surface area contributed by atoms with Gasteiger partial charge in [0.1, 0.15) is 22.8 Å². The number of pyridine rings is 1. The number of nitrogens with zero attached hydrogens (tertiary/aromatic N) is 5. The van der Waals surface area contributed by atoms with Crippen molar-refractivity contribution in [1.82, 2.24) is 19.9 Å². The van der Waals surface area contributed by atoms with E-state index in [1.165, 1.54) is 0 Å². The molecule has 1 fully saturated rings. The third-order valence-corrected chi connectivity index (χ3v) is 6.58. The van der Waals surface area contributed by atoms with Gasteiger partial charge in [0.2, 0.25) is 5.95 Å². The van der Waals surface area contributed by atoms with Crippen LogP contribution in [-0.2, 0) is 4.79 Å². The molecule has 0 atom stereocenters. The van der Waals surface area contributed by atoms with Crippen molar-refractivity contribution in [3.05, 3.63) is 59.6 Å². The predicted molar refractivity (Wildman–Crippen MR) is 146 cm³/mol. The number of fused-ring (bicyclic) bond motifs is 1. The summed E-state index contributed by atoms with van der Waals surface area (Å²) in [7, 11) is 3.23. The van der Waals surface area contributed by atoms with Crippen molar-refractivity contribution in [2.24, 2.45) is 0 Å². The van der Waals surface area contributed by atoms with Gasteiger partial charge in [-0.15, -0.1) is 0 Å². The van der Waals surface area contributed by atoms with E-state index in [0.717, 1.165) is 5.56 Å². The smallest absolute Gasteiger partial charge is 0.260 e. The van der Waals surface area contributed by atoms with Crippen LogP contribution in [0.2, 0.25) is 5.02 Å². The molecule has 2 N–H and O–H groups in total. The van der Waals surface area contributed by atoms with Crippen molar-refractivity contribution < 1.29 is 19.0 Å². The maximum absolute atomic E-state index is 12.7. The molecular formula is C27H27ClN6O4. The summed E-state index contributed by atoms with van der Waals surface area (Å²) in [5.41, 5.74) is 8.77. The van der Waals surface area contributed by atoms with Crippen LogP contribution in [0.3, 0.4) is 0 Å². The summed E-state index contributed by atoms with van der Waals surface area (Å²) >= 11 is 5.90. The molecule has 0 saturated carbocycles. The number of methoxy groups -OCH3 is 2. The van der Waals surface area contributed by atoms with Crippen molar-refractivity contribution >= 4 is 40.3 Å². The fraction of sp³-hybridized carbons (Fsp3) is 0.259. The Balaban J connectivity index is 1.35. The lowest BCUT2D eigenvalue weighted by Crippen LogP contribution is -2.50. The van der Waals surface area contributed by atoms with Crippen LogP contribution in [0.15, 0.2) is 54.6 Å². The number of nitrogen functional groups attached to an aromatic ring is 1. The molecule has 196 valence electrons. The van der Waals surface area contributed by atoms with E-state index in [1.807, 2.05) is 30.3 Å². The van der Waals surface area contributed by atoms with Crippen molar-refractivity contribution in [2.75, 3.05) is 57.6 Å². The van der Waals surface area contributed by atoms with Crippen LogP contribution in [0.4, 0.5) is 11.8 Å². The maximum atomic E-state index is 12.7. The first-order valence-electron chi connectivity index (χ1n) is 12.0. The molecule has 1 saturated heterocycles. The van der Waals surface area contributed by atoms with Crippen molar-refractivity contribution in [2.45, 2.75) is 0 Å². The number of carbonyl (C=O) groups is 1. The van der Waals surface area contributed by atoms with Gasteiger partial charge in [0.05, 0.1) is 25.4 Å². The Morgan fingerprint density at radius 3 is 2.37 bits per heavy atom. The predicted octanol–water partition coefficient (Wildman–Crippen LogP) is 3.67. The first-order chi connectivity index (χ1) is 18.4. The highest BCUT2D eigenvalue weighted by atomic mass is 35.5. The van der Waals surface area contributed by atoms with Gasteiger partial charge in [-0.05, 0) is 54.6 Å². The highest BCUT2D eigenvalue weighted by Gasteiger charge is 2.25. The second-order valence-electron chi connectivity index (χ2n) is 8.65. The Bertz CT molecular complexity index is 1460. The molecule has 4 aromatic rings. The monoisotopic (exact) mass is 534 g/mol. The highest BCUT2D eigenvalue weighted by Crippen LogP contribution is 2.34. The quantitative estimate of drug-likeness (QED) is 0.379. The summed E-state index contributed by atoms with van der Waals surface area (Å²) in [4.78, 5) is 30.4. The number of rotatable bonds is 7. The second-order valence-corrected chi connectivity index (χ2v) is 9.08. The number of benzene rings is 2. The van der Waals surface area contributed by atoms with E-state index in [1.54, 1.807) is 43.4 Å². The molecule has 2 aromatic heterocycles. The second kappa shape index (κ2) is 11.0. The Labute approximate surface area is 224 Å². The Kier molecular flexibility index (Phi) is 7.32. The summed E-state index contributed by atoms with van der Waals surface area (Å²) in [5.74, 6) is 2.66. The normalized spacial score (nSPS) is 13.4. The number of piperazine rings is 1. The van der Waals surface area contributed by atoms with Gasteiger partial charge in [-0.2, -0.15) is 4.98 Å². The van der Waals surface area contributed by atoms with Crippen molar-refractivity contribution in [3.63, 3.8) is 0 Å². The van der Waals surface area contributed by atoms with E-state index >= 15 is 0 Å². The number of halogens is 1. The number of ether oxygens (including phenoxy) is 3. The van der Waals surface area contributed by atoms with Crippen LogP contribution in [0, 0.1) is 0 Å². The van der Waals surface area contributed by atoms with E-state index in [-0.39, 0.29) is 18.5 Å². The maximum Gasteiger partial charge on any atom is 0.260 e. The molecule has 10 nitrogen and oxygen atoms in total. The zero-order valence-electron chi connectivity index (χ0n) is 21.1. The van der Waals surface area contributed by atoms with E-state index in [9.17, 15) is 4.79 Å². The zero-order valence-corrected chi connectivity index (χ0v) is 21.8. The van der Waals surface area contributed by atoms with Crippen LogP contribution >= 0.6 is 11.6 Å². The first kappa shape index (κ1) is 25.3. The fourth-order valence-electron chi connectivity index (χ4n) is 4.34. The number of carbonyl (C=O) groups excluding carboxylic acids is 1. The molecule has 1 amide bonds. The minimum Gasteiger partial charge on any atom is -0.497 e. The highest BCUT2D eigenvalue weighted by molar-refractivity contribution is 6.30. The van der Waals surface area contributed by atoms with Gasteiger partial charge in [0.25, 0.3) is 5.91 Å². The number of anilines is 2. The van der Waals surface area contributed by atoms with Crippen molar-refractivity contribution in [1.29, 1.82) is 0 Å². The molecule has 2 aromatic carbocycles. The lowest BCUT2D eigenvalue weighted by atomic mass is 10.1. The lowest BCUT2D eigenvalue weighted by Gasteiger charge is -2.35. The standard InChI is InChI=1S/C27H27ClN6O4/c1-36-19-7-10-23(37-2)20(15-19)21-8-9-22-25(30-21)26(32-27(29)31-22)34-13-11-33(12-14-34)24(35)16-38-18-5-3-17(28)4-6-18/h3-10,15H,11-14,16H2,1-2H3,(H2,29,31,32). The molecule has 0 spiro atoms. The molecule has 0 radical (unpaired) electrons. The Hall–Kier alpha value is -4.31. The Morgan fingerprint density at radius 1 is 0.921 bits per heavy atom. The molecule has 5 rings (SSSR count). The lowest BCUT2D eigenvalue weighted by molar-refractivity contribution is -0.133. The number of amides is 1. The van der Waals surface area contributed by atoms with Gasteiger partial charge < -0.3 is 29.7 Å². The minimum atomic E-state index is -0.0859. The molecule has 0 aliphatic carbocycles. The van der Waals surface area contributed by atoms with Crippen LogP contribution in [0.5, 0.6) is 17.2 Å². The van der Waals surface area contributed by atoms with Crippen LogP contribution in [0.25, 0.3) is 22.3 Å². The van der Waals surface area contributed by atoms with Crippen LogP contribution in [-0.4, -0.2) is 72.8 Å². The minimum absolute atomic E-state index is 0.0433. The summed E-state index contributed by atoms with van der Waals surface area (Å²) in [6.45, 7) is 2.10. The summed E-state index contributed by atoms with van der Waals surface area (Å²) in [6.07, 6.45) is 0. The number of hydrogen-bond donors (Lipinski definition) is 1. The summed E-state index contributed by atoms with van der Waals surface area (Å²) in [6, 6.07) is 16.2. The molecule has 0 unspecified atom stereocenters. The van der Waals surface area contributed by atoms with Gasteiger partial charge in [0.15, 0.2) is 12.4 Å². The van der Waals surface area contributed by atoms with Gasteiger partial charge >= 0.3 is 0 Å². The van der Waals surface area contributed by atoms with Gasteiger partial charge in [-0.1, -0.05) is 11.6 Å². The molecule has 1 aliphatic heterocycles. The summed E-state index contributed by atoms with van der Waals surface area (Å²) in [5, 5.41) is 0.613. The summed E-state index contributed by atoms with van der Waals surface area (Å²) < 4.78 is 16.6. The zero-order chi connectivity index (χ0) is 26.6. The third kappa shape index (κ3) is 5.35. The topological polar surface area (TPSA) is 116 Å². The Morgan fingerprint density at radius 2 is 1.66 bits per heavy atom. The van der Waals surface area contributed by atoms with E-state index in [4.69, 9.17) is 36.5 Å². The molecular weight excluding hydrogens is 508 g/mol. The van der Waals surface area contributed by atoms with Gasteiger partial charge in [-0.25, -0.2) is 9.97 Å². The largest absolute Gasteiger partial charge is 0.497 e. The third-order valence-electron chi connectivity index (χ3n) is 6.33. The SMILES string of the molecule is COc1ccc(OC)c(-c2ccc3nc(N)nc(N4CCN(C(=O)COc5ccc(Cl)cc5)CC4)c3n2)c1. The van der Waals surface area contributed by atoms with Crippen LogP contribution in [0.1, 0.15) is 0 Å². The molecule has 1 aliphatic rings. The molecule has 38 heavy (non-hydrogen) atoms. The number of aromatic nitrogens is 3. The first-order valence-corrected chi connectivity index (χ1v) is 12.4. The fourth-order valence-corrected chi connectivity index (χ4v) is 4.46. The average Bonchev–Trinajstić information content (AvgIpc) is 2.95. The van der Waals surface area contributed by atoms with E-state index in [2.05, 4.69) is 14.9 Å². The van der Waals surface area contributed by atoms with E-state index < -0.39 is 0 Å². The molecule has 0 bridgehead atoms. The number of hydrogen-bond acceptors (Lipinski definition) is 9. The molecule has 11 heteroatoms.